The molecule has 1 amide bonds. The van der Waals surface area contributed by atoms with E-state index >= 15 is 0 Å². The molecule has 144 valence electrons. The second-order valence-electron chi connectivity index (χ2n) is 6.88. The lowest BCUT2D eigenvalue weighted by molar-refractivity contribution is 0.0920. The Kier molecular flexibility index (Phi) is 5.75. The highest BCUT2D eigenvalue weighted by Gasteiger charge is 2.24. The maximum absolute atomic E-state index is 12.6. The molecule has 0 spiro atoms. The Balaban J connectivity index is 1.62. The molecular formula is C19H27N7O. The first-order valence-corrected chi connectivity index (χ1v) is 9.22. The number of benzene rings is 1. The van der Waals surface area contributed by atoms with Crippen molar-refractivity contribution >= 4 is 22.8 Å². The van der Waals surface area contributed by atoms with Crippen LogP contribution in [0.3, 0.4) is 0 Å². The van der Waals surface area contributed by atoms with Gasteiger partial charge in [0.25, 0.3) is 5.91 Å². The molecule has 0 unspecified atom stereocenters. The summed E-state index contributed by atoms with van der Waals surface area (Å²) in [6.07, 6.45) is 4.23. The molecule has 1 aromatic heterocycles. The Labute approximate surface area is 159 Å². The van der Waals surface area contributed by atoms with Crippen LogP contribution in [-0.4, -0.2) is 52.9 Å². The molecule has 2 heterocycles. The second kappa shape index (κ2) is 8.22. The quantitative estimate of drug-likeness (QED) is 0.322. The Bertz CT molecular complexity index is 841. The first-order valence-electron chi connectivity index (χ1n) is 9.22. The van der Waals surface area contributed by atoms with Gasteiger partial charge in [-0.2, -0.15) is 0 Å². The number of amides is 1. The van der Waals surface area contributed by atoms with Gasteiger partial charge in [0.05, 0.1) is 11.1 Å². The molecule has 8 heteroatoms. The van der Waals surface area contributed by atoms with Gasteiger partial charge in [0.2, 0.25) is 5.96 Å². The van der Waals surface area contributed by atoms with Crippen molar-refractivity contribution in [3.8, 4) is 0 Å². The standard InChI is InChI=1S/C19H27N7O/c1-3-13-4-5-14-11-15(12-22-17(14)10-13)18(27)23-16-6-8-26(9-7-16)19(24-20)25(2)21/h4-5,10-12,16H,3,6-9,20-21H2,1-2H3,(H,23,27)/b24-19+. The van der Waals surface area contributed by atoms with Crippen LogP contribution < -0.4 is 17.0 Å². The van der Waals surface area contributed by atoms with E-state index in [0.717, 1.165) is 43.3 Å². The third-order valence-electron chi connectivity index (χ3n) is 4.96. The van der Waals surface area contributed by atoms with E-state index in [1.807, 2.05) is 17.0 Å². The van der Waals surface area contributed by atoms with Crippen LogP contribution in [-0.2, 0) is 6.42 Å². The largest absolute Gasteiger partial charge is 0.349 e. The average Bonchev–Trinajstić information content (AvgIpc) is 2.68. The van der Waals surface area contributed by atoms with Crippen molar-refractivity contribution < 1.29 is 4.79 Å². The number of hydrogen-bond donors (Lipinski definition) is 3. The molecule has 27 heavy (non-hydrogen) atoms. The average molecular weight is 369 g/mol. The number of hydrazine groups is 1. The van der Waals surface area contributed by atoms with Gasteiger partial charge < -0.3 is 16.1 Å². The van der Waals surface area contributed by atoms with Gasteiger partial charge in [0.15, 0.2) is 0 Å². The van der Waals surface area contributed by atoms with E-state index in [1.54, 1.807) is 13.2 Å². The molecule has 5 N–H and O–H groups in total. The number of nitrogens with two attached hydrogens (primary N) is 2. The predicted octanol–water partition coefficient (Wildman–Crippen LogP) is 1.03. The molecule has 2 aromatic rings. The normalized spacial score (nSPS) is 15.8. The number of rotatable bonds is 3. The van der Waals surface area contributed by atoms with Crippen LogP contribution in [0.4, 0.5) is 0 Å². The molecule has 0 saturated carbocycles. The summed E-state index contributed by atoms with van der Waals surface area (Å²) < 4.78 is 0. The first-order chi connectivity index (χ1) is 13.0. The van der Waals surface area contributed by atoms with E-state index in [2.05, 4.69) is 34.5 Å². The molecular weight excluding hydrogens is 342 g/mol. The number of nitrogens with one attached hydrogen (secondary N) is 1. The van der Waals surface area contributed by atoms with Crippen molar-refractivity contribution in [3.63, 3.8) is 0 Å². The number of carbonyl (C=O) groups is 1. The highest BCUT2D eigenvalue weighted by atomic mass is 16.1. The summed E-state index contributed by atoms with van der Waals surface area (Å²) in [6, 6.07) is 8.17. The van der Waals surface area contributed by atoms with E-state index in [-0.39, 0.29) is 11.9 Å². The van der Waals surface area contributed by atoms with Crippen molar-refractivity contribution in [3.05, 3.63) is 41.6 Å². The number of guanidine groups is 1. The SMILES string of the molecule is CCc1ccc2cc(C(=O)NC3CCN(/C(=N/N)N(C)N)CC3)cnc2c1. The Hall–Kier alpha value is -2.87. The maximum atomic E-state index is 12.6. The smallest absolute Gasteiger partial charge is 0.253 e. The van der Waals surface area contributed by atoms with Crippen LogP contribution in [0.15, 0.2) is 35.6 Å². The summed E-state index contributed by atoms with van der Waals surface area (Å²) in [5.41, 5.74) is 2.74. The maximum Gasteiger partial charge on any atom is 0.253 e. The lowest BCUT2D eigenvalue weighted by atomic mass is 10.0. The first kappa shape index (κ1) is 18.9. The van der Waals surface area contributed by atoms with Gasteiger partial charge in [-0.25, -0.2) is 5.84 Å². The van der Waals surface area contributed by atoms with Crippen molar-refractivity contribution in [1.82, 2.24) is 20.2 Å². The number of pyridine rings is 1. The van der Waals surface area contributed by atoms with Gasteiger partial charge in [-0.05, 0) is 37.0 Å². The third kappa shape index (κ3) is 4.28. The molecule has 8 nitrogen and oxygen atoms in total. The molecule has 0 atom stereocenters. The third-order valence-corrected chi connectivity index (χ3v) is 4.96. The van der Waals surface area contributed by atoms with Gasteiger partial charge >= 0.3 is 0 Å². The van der Waals surface area contributed by atoms with E-state index < -0.39 is 0 Å². The van der Waals surface area contributed by atoms with Gasteiger partial charge in [0, 0.05) is 37.8 Å². The number of carbonyl (C=O) groups excluding carboxylic acids is 1. The molecule has 1 saturated heterocycles. The summed E-state index contributed by atoms with van der Waals surface area (Å²) in [7, 11) is 1.70. The number of hydrogen-bond acceptors (Lipinski definition) is 5. The summed E-state index contributed by atoms with van der Waals surface area (Å²) in [5.74, 6) is 11.6. The van der Waals surface area contributed by atoms with Gasteiger partial charge in [-0.15, -0.1) is 5.10 Å². The summed E-state index contributed by atoms with van der Waals surface area (Å²) in [6.45, 7) is 3.58. The highest BCUT2D eigenvalue weighted by Crippen LogP contribution is 2.17. The zero-order chi connectivity index (χ0) is 19.4. The van der Waals surface area contributed by atoms with Crippen LogP contribution in [0.25, 0.3) is 10.9 Å². The zero-order valence-electron chi connectivity index (χ0n) is 15.9. The Morgan fingerprint density at radius 3 is 2.74 bits per heavy atom. The number of piperidine rings is 1. The van der Waals surface area contributed by atoms with E-state index in [1.165, 1.54) is 10.6 Å². The van der Waals surface area contributed by atoms with E-state index in [9.17, 15) is 4.79 Å². The van der Waals surface area contributed by atoms with Gasteiger partial charge in [0.1, 0.15) is 0 Å². The number of fused-ring (bicyclic) bond motifs is 1. The number of nitrogens with zero attached hydrogens (tertiary/aromatic N) is 4. The van der Waals surface area contributed by atoms with E-state index in [4.69, 9.17) is 11.7 Å². The predicted molar refractivity (Wildman–Crippen MR) is 107 cm³/mol. The van der Waals surface area contributed by atoms with Crippen molar-refractivity contribution in [2.24, 2.45) is 16.8 Å². The minimum atomic E-state index is -0.0916. The minimum Gasteiger partial charge on any atom is -0.349 e. The minimum absolute atomic E-state index is 0.0916. The van der Waals surface area contributed by atoms with Crippen LogP contribution in [0, 0.1) is 0 Å². The lowest BCUT2D eigenvalue weighted by Gasteiger charge is -2.35. The Morgan fingerprint density at radius 2 is 2.11 bits per heavy atom. The lowest BCUT2D eigenvalue weighted by Crippen LogP contribution is -2.52. The summed E-state index contributed by atoms with van der Waals surface area (Å²) in [5, 5.41) is 9.22. The van der Waals surface area contributed by atoms with Gasteiger partial charge in [-0.1, -0.05) is 19.1 Å². The van der Waals surface area contributed by atoms with Crippen molar-refractivity contribution in [2.45, 2.75) is 32.2 Å². The zero-order valence-corrected chi connectivity index (χ0v) is 15.9. The highest BCUT2D eigenvalue weighted by molar-refractivity contribution is 5.97. The molecule has 1 aliphatic rings. The number of hydrazone groups is 1. The molecule has 1 aliphatic heterocycles. The summed E-state index contributed by atoms with van der Waals surface area (Å²) >= 11 is 0. The molecule has 0 bridgehead atoms. The molecule has 1 fully saturated rings. The fraction of sp³-hybridized carbons (Fsp3) is 0.421. The van der Waals surface area contributed by atoms with Crippen molar-refractivity contribution in [1.29, 1.82) is 0 Å². The number of likely N-dealkylation sites (tertiary alicyclic amines) is 1. The van der Waals surface area contributed by atoms with E-state index in [0.29, 0.717) is 11.5 Å². The van der Waals surface area contributed by atoms with Crippen LogP contribution in [0.2, 0.25) is 0 Å². The topological polar surface area (TPSA) is 113 Å². The van der Waals surface area contributed by atoms with Crippen LogP contribution in [0.1, 0.15) is 35.7 Å². The number of aromatic nitrogens is 1. The molecule has 1 aromatic carbocycles. The van der Waals surface area contributed by atoms with Crippen LogP contribution in [0.5, 0.6) is 0 Å². The molecule has 3 rings (SSSR count). The summed E-state index contributed by atoms with van der Waals surface area (Å²) in [4.78, 5) is 19.1. The fourth-order valence-corrected chi connectivity index (χ4v) is 3.40. The molecule has 0 radical (unpaired) electrons. The van der Waals surface area contributed by atoms with Crippen molar-refractivity contribution in [2.75, 3.05) is 20.1 Å². The van der Waals surface area contributed by atoms with Gasteiger partial charge in [-0.3, -0.25) is 14.8 Å². The fourth-order valence-electron chi connectivity index (χ4n) is 3.40. The molecule has 0 aliphatic carbocycles. The Morgan fingerprint density at radius 1 is 1.37 bits per heavy atom. The van der Waals surface area contributed by atoms with Crippen LogP contribution >= 0.6 is 0 Å². The second-order valence-corrected chi connectivity index (χ2v) is 6.88. The monoisotopic (exact) mass is 369 g/mol. The number of aryl methyl sites for hydroxylation is 1.